The number of unbranched alkanes of at least 4 members (excludes halogenated alkanes) is 7. The number of halogens is 4. The molecule has 0 saturated carbocycles. The third-order valence-electron chi connectivity index (χ3n) is 6.61. The van der Waals surface area contributed by atoms with Crippen molar-refractivity contribution in [2.45, 2.75) is 64.5 Å². The van der Waals surface area contributed by atoms with Crippen LogP contribution >= 0.6 is 31.9 Å². The van der Waals surface area contributed by atoms with Crippen LogP contribution in [-0.2, 0) is 13.1 Å². The van der Waals surface area contributed by atoms with E-state index in [2.05, 4.69) is 89.8 Å². The third-order valence-corrected chi connectivity index (χ3v) is 7.87. The molecule has 2 heterocycles. The number of hydrogen-bond donors (Lipinski definition) is 2. The van der Waals surface area contributed by atoms with Crippen LogP contribution in [0, 0.1) is 0 Å². The molecule has 194 valence electrons. The Morgan fingerprint density at radius 1 is 0.528 bits per heavy atom. The molecule has 0 aliphatic heterocycles. The molecule has 36 heavy (non-hydrogen) atoms. The van der Waals surface area contributed by atoms with E-state index in [0.29, 0.717) is 0 Å². The number of aromatic nitrogens is 2. The van der Waals surface area contributed by atoms with Crippen LogP contribution in [0.25, 0.3) is 21.8 Å². The van der Waals surface area contributed by atoms with Gasteiger partial charge in [0, 0.05) is 25.0 Å². The van der Waals surface area contributed by atoms with Crippen LogP contribution in [0.3, 0.4) is 0 Å². The molecule has 4 rings (SSSR count). The lowest BCUT2D eigenvalue weighted by Gasteiger charge is -2.07. The molecule has 4 aromatic rings. The average molecular weight is 840 g/mol. The predicted octanol–water partition coefficient (Wildman–Crippen LogP) is 1.09. The van der Waals surface area contributed by atoms with Gasteiger partial charge in [-0.05, 0) is 56.8 Å². The van der Waals surface area contributed by atoms with Crippen molar-refractivity contribution in [2.24, 2.45) is 0 Å². The quantitative estimate of drug-likeness (QED) is 0.135. The first kappa shape index (κ1) is 31.5. The summed E-state index contributed by atoms with van der Waals surface area (Å²) in [5.74, 6) is 0. The monoisotopic (exact) mass is 838 g/mol. The molecule has 4 nitrogen and oxygen atoms in total. The van der Waals surface area contributed by atoms with E-state index in [9.17, 15) is 0 Å². The van der Waals surface area contributed by atoms with Gasteiger partial charge in [-0.25, -0.2) is 0 Å². The van der Waals surface area contributed by atoms with E-state index >= 15 is 0 Å². The fraction of sp³-hybridized carbons (Fsp3) is 0.357. The van der Waals surface area contributed by atoms with Crippen LogP contribution in [0.5, 0.6) is 0 Å². The third kappa shape index (κ3) is 7.89. The van der Waals surface area contributed by atoms with Crippen molar-refractivity contribution in [1.82, 2.24) is 0 Å². The standard InChI is InChI=1S/C28H32Br2N4.2HI/c29-23-19-33(25-15-9-7-13-21(25)27(23)31)17-11-5-3-1-2-4-6-12-18-34-20-24(30)28(32)22-14-8-10-16-26(22)34;;/h7-10,13-16,19-20,31-32H,1-6,11-12,17-18H2;2*1H. The average Bonchev–Trinajstić information content (AvgIpc) is 2.86. The van der Waals surface area contributed by atoms with Crippen molar-refractivity contribution in [3.05, 3.63) is 69.9 Å². The molecule has 0 bridgehead atoms. The lowest BCUT2D eigenvalue weighted by atomic mass is 10.1. The van der Waals surface area contributed by atoms with Crippen molar-refractivity contribution < 1.29 is 57.1 Å². The minimum absolute atomic E-state index is 0. The Labute approximate surface area is 265 Å². The fourth-order valence-electron chi connectivity index (χ4n) is 4.71. The van der Waals surface area contributed by atoms with Crippen molar-refractivity contribution in [3.63, 3.8) is 0 Å². The molecule has 2 aromatic heterocycles. The summed E-state index contributed by atoms with van der Waals surface area (Å²) >= 11 is 7.22. The van der Waals surface area contributed by atoms with Gasteiger partial charge in [-0.1, -0.05) is 49.9 Å². The molecule has 4 N–H and O–H groups in total. The van der Waals surface area contributed by atoms with Crippen LogP contribution in [0.4, 0.5) is 11.4 Å². The molecular formula is C28H34Br2I2N4. The van der Waals surface area contributed by atoms with E-state index in [-0.39, 0.29) is 48.0 Å². The summed E-state index contributed by atoms with van der Waals surface area (Å²) in [6.07, 6.45) is 14.4. The van der Waals surface area contributed by atoms with Crippen molar-refractivity contribution >= 4 is 65.0 Å². The van der Waals surface area contributed by atoms with Gasteiger partial charge in [0.15, 0.2) is 12.4 Å². The number of anilines is 2. The number of benzene rings is 2. The number of nitrogens with zero attached hydrogens (tertiary/aromatic N) is 2. The summed E-state index contributed by atoms with van der Waals surface area (Å²) in [5.41, 5.74) is 16.5. The van der Waals surface area contributed by atoms with Gasteiger partial charge in [0.1, 0.15) is 22.0 Å². The highest BCUT2D eigenvalue weighted by molar-refractivity contribution is 9.11. The van der Waals surface area contributed by atoms with Gasteiger partial charge >= 0.3 is 0 Å². The second-order valence-electron chi connectivity index (χ2n) is 9.03. The highest BCUT2D eigenvalue weighted by atomic mass is 127. The molecule has 0 amide bonds. The van der Waals surface area contributed by atoms with Crippen molar-refractivity contribution in [1.29, 1.82) is 0 Å². The molecule has 0 radical (unpaired) electrons. The molecule has 0 fully saturated rings. The Bertz CT molecular complexity index is 1180. The topological polar surface area (TPSA) is 59.8 Å². The van der Waals surface area contributed by atoms with E-state index in [4.69, 9.17) is 11.5 Å². The Kier molecular flexibility index (Phi) is 13.7. The largest absolute Gasteiger partial charge is 1.00 e. The first-order valence-electron chi connectivity index (χ1n) is 12.3. The predicted molar refractivity (Wildman–Crippen MR) is 149 cm³/mol. The highest BCUT2D eigenvalue weighted by Gasteiger charge is 2.15. The number of rotatable bonds is 11. The summed E-state index contributed by atoms with van der Waals surface area (Å²) in [5, 5.41) is 2.24. The molecule has 0 aliphatic rings. The first-order chi connectivity index (χ1) is 16.6. The zero-order valence-corrected chi connectivity index (χ0v) is 27.9. The maximum Gasteiger partial charge on any atom is 0.214 e. The number of fused-ring (bicyclic) bond motifs is 2. The molecular weight excluding hydrogens is 806 g/mol. The maximum atomic E-state index is 6.23. The number of para-hydroxylation sites is 2. The molecule has 8 heteroatoms. The van der Waals surface area contributed by atoms with Gasteiger partial charge in [-0.3, -0.25) is 0 Å². The lowest BCUT2D eigenvalue weighted by molar-refractivity contribution is -0.672. The van der Waals surface area contributed by atoms with E-state index in [0.717, 1.165) is 44.2 Å². The van der Waals surface area contributed by atoms with Crippen molar-refractivity contribution in [2.75, 3.05) is 11.5 Å². The molecule has 0 saturated heterocycles. The van der Waals surface area contributed by atoms with E-state index in [1.54, 1.807) is 0 Å². The van der Waals surface area contributed by atoms with E-state index in [1.165, 1.54) is 62.4 Å². The Hall–Kier alpha value is -0.720. The second kappa shape index (κ2) is 15.6. The molecule has 0 atom stereocenters. The van der Waals surface area contributed by atoms with Gasteiger partial charge in [0.25, 0.3) is 0 Å². The molecule has 0 spiro atoms. The Morgan fingerprint density at radius 2 is 0.861 bits per heavy atom. The van der Waals surface area contributed by atoms with Gasteiger partial charge in [0.2, 0.25) is 11.0 Å². The number of pyridine rings is 2. The molecule has 0 unspecified atom stereocenters. The van der Waals surface area contributed by atoms with Crippen LogP contribution in [0.1, 0.15) is 51.4 Å². The molecule has 2 aromatic carbocycles. The zero-order chi connectivity index (χ0) is 23.9. The van der Waals surface area contributed by atoms with Crippen LogP contribution in [0.2, 0.25) is 0 Å². The Morgan fingerprint density at radius 3 is 1.25 bits per heavy atom. The summed E-state index contributed by atoms with van der Waals surface area (Å²) < 4.78 is 6.60. The maximum absolute atomic E-state index is 6.23. The number of hydrogen-bond acceptors (Lipinski definition) is 2. The minimum Gasteiger partial charge on any atom is -1.00 e. The molecule has 0 aliphatic carbocycles. The normalized spacial score (nSPS) is 10.8. The summed E-state index contributed by atoms with van der Waals surface area (Å²) in [6, 6.07) is 16.8. The Balaban J connectivity index is 0.00000228. The lowest BCUT2D eigenvalue weighted by Crippen LogP contribution is -3.00. The van der Waals surface area contributed by atoms with Gasteiger partial charge in [-0.2, -0.15) is 9.13 Å². The van der Waals surface area contributed by atoms with Gasteiger partial charge in [0.05, 0.1) is 22.1 Å². The summed E-state index contributed by atoms with van der Waals surface area (Å²) in [7, 11) is 0. The van der Waals surface area contributed by atoms with Crippen LogP contribution in [-0.4, -0.2) is 0 Å². The van der Waals surface area contributed by atoms with E-state index in [1.807, 2.05) is 12.1 Å². The second-order valence-corrected chi connectivity index (χ2v) is 10.7. The number of aryl methyl sites for hydroxylation is 2. The van der Waals surface area contributed by atoms with Gasteiger partial charge in [-0.15, -0.1) is 0 Å². The highest BCUT2D eigenvalue weighted by Crippen LogP contribution is 2.27. The SMILES string of the molecule is Nc1c(Br)c[n+](CCCCCCCCCC[n+]2cc(Br)c(N)c3ccccc32)c2ccccc12.[I-].[I-]. The van der Waals surface area contributed by atoms with Gasteiger partial charge < -0.3 is 59.4 Å². The van der Waals surface area contributed by atoms with Crippen molar-refractivity contribution in [3.8, 4) is 0 Å². The van der Waals surface area contributed by atoms with Crippen LogP contribution in [0.15, 0.2) is 69.9 Å². The smallest absolute Gasteiger partial charge is 0.214 e. The fourth-order valence-corrected chi connectivity index (χ4v) is 5.63. The van der Waals surface area contributed by atoms with E-state index < -0.39 is 0 Å². The summed E-state index contributed by atoms with van der Waals surface area (Å²) in [6.45, 7) is 2.06. The first-order valence-corrected chi connectivity index (χ1v) is 13.9. The number of nitrogen functional groups attached to an aromatic ring is 2. The minimum atomic E-state index is 0. The van der Waals surface area contributed by atoms with Crippen LogP contribution < -0.4 is 68.6 Å². The summed E-state index contributed by atoms with van der Waals surface area (Å²) in [4.78, 5) is 0. The number of nitrogens with two attached hydrogens (primary N) is 2. The zero-order valence-electron chi connectivity index (χ0n) is 20.4.